The zero-order chi connectivity index (χ0) is 33.7. The monoisotopic (exact) mass is 653 g/mol. The molecule has 0 bridgehead atoms. The van der Waals surface area contributed by atoms with Crippen LogP contribution < -0.4 is 4.90 Å². The lowest BCUT2D eigenvalue weighted by atomic mass is 10.0. The molecule has 4 nitrogen and oxygen atoms in total. The maximum absolute atomic E-state index is 6.35. The van der Waals surface area contributed by atoms with Crippen LogP contribution in [0.4, 0.5) is 17.1 Å². The number of rotatable bonds is 6. The molecule has 0 aliphatic heterocycles. The van der Waals surface area contributed by atoms with Crippen LogP contribution >= 0.6 is 0 Å². The summed E-state index contributed by atoms with van der Waals surface area (Å²) in [5, 5.41) is 4.90. The topological polar surface area (TPSA) is 34.2 Å². The summed E-state index contributed by atoms with van der Waals surface area (Å²) in [6.07, 6.45) is 0. The van der Waals surface area contributed by atoms with E-state index in [1.165, 1.54) is 43.7 Å². The predicted octanol–water partition coefficient (Wildman–Crippen LogP) is 12.9. The molecule has 240 valence electrons. The van der Waals surface area contributed by atoms with E-state index in [2.05, 4.69) is 167 Å². The normalized spacial score (nSPS) is 11.5. The number of benzene rings is 8. The smallest absolute Gasteiger partial charge is 0.227 e. The fraction of sp³-hybridized carbons (Fsp3) is 0. The maximum atomic E-state index is 6.35. The fourth-order valence-electron chi connectivity index (χ4n) is 7.42. The Hall–Kier alpha value is -6.91. The number of aromatic nitrogens is 2. The van der Waals surface area contributed by atoms with E-state index < -0.39 is 0 Å². The van der Waals surface area contributed by atoms with Crippen LogP contribution in [0.1, 0.15) is 0 Å². The molecule has 0 aliphatic carbocycles. The second kappa shape index (κ2) is 11.9. The summed E-state index contributed by atoms with van der Waals surface area (Å²) in [6, 6.07) is 66.3. The minimum absolute atomic E-state index is 0.617. The van der Waals surface area contributed by atoms with Gasteiger partial charge in [-0.25, -0.2) is 4.98 Å². The van der Waals surface area contributed by atoms with Gasteiger partial charge in [-0.05, 0) is 94.7 Å². The van der Waals surface area contributed by atoms with Crippen molar-refractivity contribution >= 4 is 60.7 Å². The Morgan fingerprint density at radius 1 is 0.451 bits per heavy atom. The molecule has 2 heterocycles. The zero-order valence-electron chi connectivity index (χ0n) is 27.6. The summed E-state index contributed by atoms with van der Waals surface area (Å²) in [5.74, 6) is 0.617. The highest BCUT2D eigenvalue weighted by Gasteiger charge is 2.19. The van der Waals surface area contributed by atoms with E-state index in [1.54, 1.807) is 0 Å². The SMILES string of the molecule is c1ccc(-c2ccc(N(c3ccc4c(ccc5c4c4ccccc4n5-c4ccccc4)c3)c3ccc4nc(-c5ccccc5)oc4c3)cc2)cc1. The van der Waals surface area contributed by atoms with Crippen LogP contribution in [0, 0.1) is 0 Å². The molecule has 0 spiro atoms. The van der Waals surface area contributed by atoms with Gasteiger partial charge in [-0.15, -0.1) is 0 Å². The standard InChI is InChI=1S/C47H31N3O/c1-4-12-32(13-5-1)33-20-23-37(24-21-33)49(39-26-28-42-45(31-39)51-47(48-42)34-14-6-2-7-15-34)38-25-27-40-35(30-38)22-29-44-46(40)41-18-10-11-19-43(41)50(44)36-16-8-3-9-17-36/h1-31H. The minimum atomic E-state index is 0.617. The molecular weight excluding hydrogens is 623 g/mol. The number of fused-ring (bicyclic) bond motifs is 6. The van der Waals surface area contributed by atoms with Gasteiger partial charge >= 0.3 is 0 Å². The minimum Gasteiger partial charge on any atom is -0.436 e. The van der Waals surface area contributed by atoms with Gasteiger partial charge in [0.15, 0.2) is 5.58 Å². The van der Waals surface area contributed by atoms with Crippen LogP contribution in [0.15, 0.2) is 192 Å². The van der Waals surface area contributed by atoms with Crippen LogP contribution in [0.5, 0.6) is 0 Å². The van der Waals surface area contributed by atoms with Crippen LogP contribution in [0.2, 0.25) is 0 Å². The number of nitrogens with zero attached hydrogens (tertiary/aromatic N) is 3. The average molecular weight is 654 g/mol. The van der Waals surface area contributed by atoms with Gasteiger partial charge in [0.1, 0.15) is 5.52 Å². The summed E-state index contributed by atoms with van der Waals surface area (Å²) in [7, 11) is 0. The summed E-state index contributed by atoms with van der Waals surface area (Å²) in [4.78, 5) is 7.11. The molecule has 0 fully saturated rings. The molecule has 0 atom stereocenters. The molecule has 10 rings (SSSR count). The molecule has 0 N–H and O–H groups in total. The molecule has 51 heavy (non-hydrogen) atoms. The van der Waals surface area contributed by atoms with Gasteiger partial charge in [0.05, 0.1) is 11.0 Å². The molecule has 2 aromatic heterocycles. The lowest BCUT2D eigenvalue weighted by Crippen LogP contribution is -2.09. The lowest BCUT2D eigenvalue weighted by Gasteiger charge is -2.26. The fourth-order valence-corrected chi connectivity index (χ4v) is 7.42. The van der Waals surface area contributed by atoms with E-state index in [4.69, 9.17) is 9.40 Å². The molecule has 0 radical (unpaired) electrons. The van der Waals surface area contributed by atoms with Gasteiger partial charge in [-0.1, -0.05) is 109 Å². The molecule has 8 aromatic carbocycles. The van der Waals surface area contributed by atoms with Crippen molar-refractivity contribution in [1.29, 1.82) is 0 Å². The summed E-state index contributed by atoms with van der Waals surface area (Å²) >= 11 is 0. The van der Waals surface area contributed by atoms with Gasteiger partial charge in [0.25, 0.3) is 0 Å². The van der Waals surface area contributed by atoms with Gasteiger partial charge in [-0.3, -0.25) is 0 Å². The van der Waals surface area contributed by atoms with Crippen molar-refractivity contribution in [1.82, 2.24) is 9.55 Å². The number of hydrogen-bond donors (Lipinski definition) is 0. The van der Waals surface area contributed by atoms with Gasteiger partial charge < -0.3 is 13.9 Å². The average Bonchev–Trinajstić information content (AvgIpc) is 3.79. The van der Waals surface area contributed by atoms with Crippen molar-refractivity contribution < 1.29 is 4.42 Å². The van der Waals surface area contributed by atoms with E-state index >= 15 is 0 Å². The number of anilines is 3. The van der Waals surface area contributed by atoms with Gasteiger partial charge in [0.2, 0.25) is 5.89 Å². The van der Waals surface area contributed by atoms with E-state index in [9.17, 15) is 0 Å². The Labute approximate surface area is 295 Å². The predicted molar refractivity (Wildman–Crippen MR) is 211 cm³/mol. The number of para-hydroxylation sites is 2. The van der Waals surface area contributed by atoms with Crippen molar-refractivity contribution in [2.45, 2.75) is 0 Å². The third-order valence-corrected chi connectivity index (χ3v) is 9.79. The third-order valence-electron chi connectivity index (χ3n) is 9.79. The molecular formula is C47H31N3O. The second-order valence-electron chi connectivity index (χ2n) is 12.8. The number of oxazole rings is 1. The van der Waals surface area contributed by atoms with Crippen molar-refractivity contribution in [2.24, 2.45) is 0 Å². The first-order valence-corrected chi connectivity index (χ1v) is 17.2. The maximum Gasteiger partial charge on any atom is 0.227 e. The third kappa shape index (κ3) is 4.96. The van der Waals surface area contributed by atoms with Gasteiger partial charge in [-0.2, -0.15) is 0 Å². The highest BCUT2D eigenvalue weighted by molar-refractivity contribution is 6.21. The largest absolute Gasteiger partial charge is 0.436 e. The van der Waals surface area contributed by atoms with Crippen LogP contribution in [0.3, 0.4) is 0 Å². The van der Waals surface area contributed by atoms with Crippen molar-refractivity contribution in [3.63, 3.8) is 0 Å². The summed E-state index contributed by atoms with van der Waals surface area (Å²) < 4.78 is 8.72. The Balaban J connectivity index is 1.14. The van der Waals surface area contributed by atoms with Crippen molar-refractivity contribution in [3.8, 4) is 28.3 Å². The second-order valence-corrected chi connectivity index (χ2v) is 12.8. The Kier molecular flexibility index (Phi) is 6.78. The number of hydrogen-bond acceptors (Lipinski definition) is 3. The molecule has 0 unspecified atom stereocenters. The molecule has 0 amide bonds. The Morgan fingerprint density at radius 2 is 1.08 bits per heavy atom. The molecule has 4 heteroatoms. The summed E-state index contributed by atoms with van der Waals surface area (Å²) in [6.45, 7) is 0. The molecule has 0 saturated carbocycles. The van der Waals surface area contributed by atoms with E-state index in [1.807, 2.05) is 30.3 Å². The van der Waals surface area contributed by atoms with Gasteiger partial charge in [0, 0.05) is 45.2 Å². The first-order chi connectivity index (χ1) is 25.3. The van der Waals surface area contributed by atoms with E-state index in [0.29, 0.717) is 5.89 Å². The first-order valence-electron chi connectivity index (χ1n) is 17.2. The van der Waals surface area contributed by atoms with Crippen LogP contribution in [-0.4, -0.2) is 9.55 Å². The van der Waals surface area contributed by atoms with E-state index in [0.717, 1.165) is 39.4 Å². The first kappa shape index (κ1) is 29.0. The highest BCUT2D eigenvalue weighted by atomic mass is 16.3. The molecule has 0 saturated heterocycles. The van der Waals surface area contributed by atoms with Crippen LogP contribution in [0.25, 0.3) is 71.9 Å². The quantitative estimate of drug-likeness (QED) is 0.179. The molecule has 10 aromatic rings. The summed E-state index contributed by atoms with van der Waals surface area (Å²) in [5.41, 5.74) is 11.5. The molecule has 0 aliphatic rings. The Morgan fingerprint density at radius 3 is 1.86 bits per heavy atom. The van der Waals surface area contributed by atoms with E-state index in [-0.39, 0.29) is 0 Å². The zero-order valence-corrected chi connectivity index (χ0v) is 27.6. The van der Waals surface area contributed by atoms with Crippen LogP contribution in [-0.2, 0) is 0 Å². The Bertz CT molecular complexity index is 2840. The highest BCUT2D eigenvalue weighted by Crippen LogP contribution is 2.42. The lowest BCUT2D eigenvalue weighted by molar-refractivity contribution is 0.620. The van der Waals surface area contributed by atoms with Crippen molar-refractivity contribution in [3.05, 3.63) is 188 Å². The van der Waals surface area contributed by atoms with Crippen molar-refractivity contribution in [2.75, 3.05) is 4.90 Å².